The van der Waals surface area contributed by atoms with Crippen LogP contribution in [0, 0.1) is 6.92 Å². The third-order valence-corrected chi connectivity index (χ3v) is 5.90. The SMILES string of the molecule is Cc1c(S(=O)(=O)NCCN(C)C2CCCC2)c(N)nn1C. The van der Waals surface area contributed by atoms with Crippen molar-refractivity contribution in [2.24, 2.45) is 7.05 Å². The highest BCUT2D eigenvalue weighted by atomic mass is 32.2. The van der Waals surface area contributed by atoms with Crippen molar-refractivity contribution >= 4 is 15.8 Å². The maximum absolute atomic E-state index is 12.3. The largest absolute Gasteiger partial charge is 0.381 e. The van der Waals surface area contributed by atoms with Crippen LogP contribution in [-0.4, -0.2) is 49.3 Å². The number of nitrogens with two attached hydrogens (primary N) is 1. The normalized spacial score (nSPS) is 17.0. The molecule has 0 unspecified atom stereocenters. The van der Waals surface area contributed by atoms with Crippen molar-refractivity contribution in [3.8, 4) is 0 Å². The molecule has 0 aliphatic heterocycles. The van der Waals surface area contributed by atoms with Crippen molar-refractivity contribution in [2.75, 3.05) is 25.9 Å². The van der Waals surface area contributed by atoms with Crippen LogP contribution in [0.15, 0.2) is 4.90 Å². The quantitative estimate of drug-likeness (QED) is 0.795. The Morgan fingerprint density at radius 2 is 2.05 bits per heavy atom. The molecule has 7 nitrogen and oxygen atoms in total. The summed E-state index contributed by atoms with van der Waals surface area (Å²) in [7, 11) is 0.124. The maximum atomic E-state index is 12.3. The second-order valence-electron chi connectivity index (χ2n) is 5.74. The Hall–Kier alpha value is -1.12. The van der Waals surface area contributed by atoms with Crippen molar-refractivity contribution in [3.63, 3.8) is 0 Å². The van der Waals surface area contributed by atoms with Gasteiger partial charge in [-0.25, -0.2) is 13.1 Å². The molecule has 21 heavy (non-hydrogen) atoms. The Morgan fingerprint density at radius 3 is 2.57 bits per heavy atom. The van der Waals surface area contributed by atoms with E-state index in [1.54, 1.807) is 14.0 Å². The van der Waals surface area contributed by atoms with Gasteiger partial charge in [0, 0.05) is 26.2 Å². The Labute approximate surface area is 126 Å². The van der Waals surface area contributed by atoms with Crippen LogP contribution in [0.2, 0.25) is 0 Å². The molecule has 0 spiro atoms. The molecule has 1 aliphatic carbocycles. The second kappa shape index (κ2) is 6.33. The molecular formula is C13H25N5O2S. The van der Waals surface area contributed by atoms with E-state index in [1.165, 1.54) is 30.4 Å². The van der Waals surface area contributed by atoms with Gasteiger partial charge in [-0.3, -0.25) is 4.68 Å². The molecule has 0 saturated heterocycles. The highest BCUT2D eigenvalue weighted by Crippen LogP contribution is 2.22. The van der Waals surface area contributed by atoms with Crippen LogP contribution in [0.4, 0.5) is 5.82 Å². The Bertz CT molecular complexity index is 590. The van der Waals surface area contributed by atoms with Crippen molar-refractivity contribution < 1.29 is 8.42 Å². The van der Waals surface area contributed by atoms with Crippen LogP contribution in [0.3, 0.4) is 0 Å². The number of rotatable bonds is 6. The topological polar surface area (TPSA) is 93.2 Å². The lowest BCUT2D eigenvalue weighted by Crippen LogP contribution is -2.37. The molecule has 2 rings (SSSR count). The number of nitrogens with zero attached hydrogens (tertiary/aromatic N) is 3. The van der Waals surface area contributed by atoms with E-state index in [1.807, 2.05) is 7.05 Å². The summed E-state index contributed by atoms with van der Waals surface area (Å²) in [5.74, 6) is 0.0478. The molecule has 0 atom stereocenters. The number of anilines is 1. The Morgan fingerprint density at radius 1 is 1.43 bits per heavy atom. The van der Waals surface area contributed by atoms with E-state index in [9.17, 15) is 8.42 Å². The molecule has 1 fully saturated rings. The van der Waals surface area contributed by atoms with Crippen LogP contribution in [0.1, 0.15) is 31.4 Å². The summed E-state index contributed by atoms with van der Waals surface area (Å²) < 4.78 is 28.8. The first kappa shape index (κ1) is 16.3. The van der Waals surface area contributed by atoms with Gasteiger partial charge in [0.2, 0.25) is 10.0 Å². The summed E-state index contributed by atoms with van der Waals surface area (Å²) >= 11 is 0. The zero-order valence-electron chi connectivity index (χ0n) is 13.0. The third-order valence-electron chi connectivity index (χ3n) is 4.28. The number of hydrogen-bond acceptors (Lipinski definition) is 5. The number of hydrogen-bond donors (Lipinski definition) is 2. The number of sulfonamides is 1. The summed E-state index contributed by atoms with van der Waals surface area (Å²) in [5.41, 5.74) is 6.24. The van der Waals surface area contributed by atoms with Gasteiger partial charge in [-0.05, 0) is 26.8 Å². The minimum Gasteiger partial charge on any atom is -0.381 e. The van der Waals surface area contributed by atoms with Crippen molar-refractivity contribution in [3.05, 3.63) is 5.69 Å². The van der Waals surface area contributed by atoms with Gasteiger partial charge in [-0.1, -0.05) is 12.8 Å². The lowest BCUT2D eigenvalue weighted by molar-refractivity contribution is 0.250. The smallest absolute Gasteiger partial charge is 0.246 e. The lowest BCUT2D eigenvalue weighted by atomic mass is 10.2. The molecule has 0 radical (unpaired) electrons. The van der Waals surface area contributed by atoms with Crippen molar-refractivity contribution in [2.45, 2.75) is 43.5 Å². The Kier molecular flexibility index (Phi) is 4.90. The number of aryl methyl sites for hydroxylation is 1. The van der Waals surface area contributed by atoms with E-state index in [4.69, 9.17) is 5.73 Å². The van der Waals surface area contributed by atoms with Gasteiger partial charge in [0.25, 0.3) is 0 Å². The van der Waals surface area contributed by atoms with E-state index in [2.05, 4.69) is 14.7 Å². The maximum Gasteiger partial charge on any atom is 0.246 e. The number of nitrogen functional groups attached to an aromatic ring is 1. The van der Waals surface area contributed by atoms with Crippen LogP contribution in [0.25, 0.3) is 0 Å². The molecule has 0 aromatic carbocycles. The summed E-state index contributed by atoms with van der Waals surface area (Å²) in [6.07, 6.45) is 4.95. The predicted octanol–water partition coefficient (Wildman–Crippen LogP) is 0.463. The van der Waals surface area contributed by atoms with Crippen LogP contribution < -0.4 is 10.5 Å². The van der Waals surface area contributed by atoms with Crippen LogP contribution >= 0.6 is 0 Å². The molecular weight excluding hydrogens is 290 g/mol. The fraction of sp³-hybridized carbons (Fsp3) is 0.769. The van der Waals surface area contributed by atoms with E-state index < -0.39 is 10.0 Å². The average molecular weight is 315 g/mol. The Balaban J connectivity index is 1.95. The van der Waals surface area contributed by atoms with E-state index in [-0.39, 0.29) is 10.7 Å². The average Bonchev–Trinajstić information content (AvgIpc) is 2.98. The predicted molar refractivity (Wildman–Crippen MR) is 82.4 cm³/mol. The molecule has 1 aromatic rings. The molecule has 0 bridgehead atoms. The van der Waals surface area contributed by atoms with Gasteiger partial charge >= 0.3 is 0 Å². The monoisotopic (exact) mass is 315 g/mol. The van der Waals surface area contributed by atoms with Crippen molar-refractivity contribution in [1.29, 1.82) is 0 Å². The van der Waals surface area contributed by atoms with E-state index in [0.29, 0.717) is 24.8 Å². The van der Waals surface area contributed by atoms with Gasteiger partial charge in [-0.2, -0.15) is 5.10 Å². The summed E-state index contributed by atoms with van der Waals surface area (Å²) in [5, 5.41) is 3.95. The third kappa shape index (κ3) is 3.56. The van der Waals surface area contributed by atoms with E-state index in [0.717, 1.165) is 0 Å². The lowest BCUT2D eigenvalue weighted by Gasteiger charge is -2.23. The fourth-order valence-electron chi connectivity index (χ4n) is 2.90. The first-order valence-corrected chi connectivity index (χ1v) is 8.80. The molecule has 1 heterocycles. The van der Waals surface area contributed by atoms with Crippen LogP contribution in [-0.2, 0) is 17.1 Å². The molecule has 120 valence electrons. The first-order chi connectivity index (χ1) is 9.83. The minimum absolute atomic E-state index is 0.0478. The molecule has 1 saturated carbocycles. The zero-order chi connectivity index (χ0) is 15.6. The highest BCUT2D eigenvalue weighted by Gasteiger charge is 2.25. The fourth-order valence-corrected chi connectivity index (χ4v) is 4.24. The summed E-state index contributed by atoms with van der Waals surface area (Å²) in [6.45, 7) is 2.77. The number of aromatic nitrogens is 2. The zero-order valence-corrected chi connectivity index (χ0v) is 13.8. The first-order valence-electron chi connectivity index (χ1n) is 7.32. The van der Waals surface area contributed by atoms with Gasteiger partial charge in [-0.15, -0.1) is 0 Å². The molecule has 1 aliphatic rings. The molecule has 3 N–H and O–H groups in total. The van der Waals surface area contributed by atoms with Crippen LogP contribution in [0.5, 0.6) is 0 Å². The molecule has 8 heteroatoms. The molecule has 0 amide bonds. The van der Waals surface area contributed by atoms with Gasteiger partial charge in [0.15, 0.2) is 5.82 Å². The van der Waals surface area contributed by atoms with Gasteiger partial charge < -0.3 is 10.6 Å². The van der Waals surface area contributed by atoms with Gasteiger partial charge in [0.05, 0.1) is 5.69 Å². The summed E-state index contributed by atoms with van der Waals surface area (Å²) in [4.78, 5) is 2.32. The second-order valence-corrected chi connectivity index (χ2v) is 7.44. The van der Waals surface area contributed by atoms with Crippen molar-refractivity contribution in [1.82, 2.24) is 19.4 Å². The molecule has 1 aromatic heterocycles. The number of nitrogens with one attached hydrogen (secondary N) is 1. The minimum atomic E-state index is -3.60. The summed E-state index contributed by atoms with van der Waals surface area (Å²) in [6, 6.07) is 0.583. The van der Waals surface area contributed by atoms with Gasteiger partial charge in [0.1, 0.15) is 4.90 Å². The standard InChI is InChI=1S/C13H25N5O2S/c1-10-12(13(14)16-18(10)3)21(19,20)15-8-9-17(2)11-6-4-5-7-11/h11,15H,4-9H2,1-3H3,(H2,14,16). The number of likely N-dealkylation sites (N-methyl/N-ethyl adjacent to an activating group) is 1. The highest BCUT2D eigenvalue weighted by molar-refractivity contribution is 7.89. The van der Waals surface area contributed by atoms with E-state index >= 15 is 0 Å².